The van der Waals surface area contributed by atoms with Crippen LogP contribution in [0.1, 0.15) is 6.92 Å². The molecule has 0 aromatic carbocycles. The lowest BCUT2D eigenvalue weighted by molar-refractivity contribution is -0.117. The third kappa shape index (κ3) is 4.54. The zero-order chi connectivity index (χ0) is 11.4. The molecular weight excluding hydrogens is 242 g/mol. The molecule has 0 spiro atoms. The third-order valence-corrected chi connectivity index (χ3v) is 1.64. The Bertz CT molecular complexity index is 343. The molecule has 3 N–H and O–H groups in total. The average Bonchev–Trinajstić information content (AvgIpc) is 2.51. The molecular formula is C8H13ClF2N4O. The Kier molecular flexibility index (Phi) is 5.91. The van der Waals surface area contributed by atoms with Crippen LogP contribution in [0.3, 0.4) is 0 Å². The van der Waals surface area contributed by atoms with Crippen LogP contribution in [0.25, 0.3) is 0 Å². The largest absolute Gasteiger partial charge is 0.322 e. The molecule has 0 bridgehead atoms. The van der Waals surface area contributed by atoms with Crippen LogP contribution in [0, 0.1) is 0 Å². The van der Waals surface area contributed by atoms with Crippen LogP contribution in [0.4, 0.5) is 14.5 Å². The van der Waals surface area contributed by atoms with Crippen molar-refractivity contribution < 1.29 is 13.6 Å². The molecule has 1 aromatic rings. The molecule has 16 heavy (non-hydrogen) atoms. The summed E-state index contributed by atoms with van der Waals surface area (Å²) in [6.07, 6.45) is 0.150. The molecule has 0 aliphatic heterocycles. The van der Waals surface area contributed by atoms with Crippen molar-refractivity contribution in [1.82, 2.24) is 9.78 Å². The van der Waals surface area contributed by atoms with Gasteiger partial charge in [0, 0.05) is 6.20 Å². The summed E-state index contributed by atoms with van der Waals surface area (Å²) >= 11 is 0. The highest BCUT2D eigenvalue weighted by Gasteiger charge is 2.10. The number of nitrogens with zero attached hydrogens (tertiary/aromatic N) is 2. The second kappa shape index (κ2) is 6.39. The molecule has 0 saturated carbocycles. The van der Waals surface area contributed by atoms with Crippen LogP contribution in [0.2, 0.25) is 0 Å². The molecule has 1 atom stereocenters. The Labute approximate surface area is 97.4 Å². The molecule has 1 heterocycles. The molecule has 0 aliphatic carbocycles. The van der Waals surface area contributed by atoms with Gasteiger partial charge in [0.05, 0.1) is 17.9 Å². The zero-order valence-corrected chi connectivity index (χ0v) is 9.38. The maximum absolute atomic E-state index is 12.0. The number of alkyl halides is 2. The van der Waals surface area contributed by atoms with Crippen molar-refractivity contribution in [2.45, 2.75) is 25.9 Å². The van der Waals surface area contributed by atoms with Crippen LogP contribution in [-0.2, 0) is 11.3 Å². The van der Waals surface area contributed by atoms with E-state index in [0.717, 1.165) is 4.68 Å². The maximum atomic E-state index is 12.0. The van der Waals surface area contributed by atoms with E-state index in [1.54, 1.807) is 0 Å². The van der Waals surface area contributed by atoms with E-state index < -0.39 is 19.0 Å². The van der Waals surface area contributed by atoms with E-state index in [4.69, 9.17) is 5.73 Å². The number of aromatic nitrogens is 2. The lowest BCUT2D eigenvalue weighted by atomic mass is 10.3. The van der Waals surface area contributed by atoms with Crippen molar-refractivity contribution in [3.63, 3.8) is 0 Å². The maximum Gasteiger partial charge on any atom is 0.257 e. The van der Waals surface area contributed by atoms with Gasteiger partial charge in [0.25, 0.3) is 6.43 Å². The molecule has 0 aliphatic rings. The topological polar surface area (TPSA) is 72.9 Å². The Morgan fingerprint density at radius 1 is 1.69 bits per heavy atom. The molecule has 92 valence electrons. The second-order valence-corrected chi connectivity index (χ2v) is 3.12. The van der Waals surface area contributed by atoms with Crippen LogP contribution < -0.4 is 11.1 Å². The van der Waals surface area contributed by atoms with Crippen LogP contribution >= 0.6 is 12.4 Å². The van der Waals surface area contributed by atoms with E-state index in [1.165, 1.54) is 19.3 Å². The standard InChI is InChI=1S/C8H12F2N4O.ClH/c1-5(11)8(15)13-6-2-12-14(3-6)4-7(9)10;/h2-3,5,7H,4,11H2,1H3,(H,13,15);1H/t5-;/m0./s1. The van der Waals surface area contributed by atoms with E-state index in [-0.39, 0.29) is 18.3 Å². The number of rotatable bonds is 4. The van der Waals surface area contributed by atoms with Gasteiger partial charge in [-0.15, -0.1) is 12.4 Å². The minimum atomic E-state index is -2.47. The van der Waals surface area contributed by atoms with Crippen molar-refractivity contribution in [2.75, 3.05) is 5.32 Å². The van der Waals surface area contributed by atoms with Gasteiger partial charge in [-0.05, 0) is 6.92 Å². The number of halogens is 3. The molecule has 1 rings (SSSR count). The minimum absolute atomic E-state index is 0. The highest BCUT2D eigenvalue weighted by atomic mass is 35.5. The summed E-state index contributed by atoms with van der Waals surface area (Å²) in [4.78, 5) is 11.1. The molecule has 5 nitrogen and oxygen atoms in total. The first-order valence-electron chi connectivity index (χ1n) is 4.36. The van der Waals surface area contributed by atoms with Gasteiger partial charge < -0.3 is 11.1 Å². The lowest BCUT2D eigenvalue weighted by Crippen LogP contribution is -2.32. The summed E-state index contributed by atoms with van der Waals surface area (Å²) in [6.45, 7) is 1.03. The molecule has 0 saturated heterocycles. The fraction of sp³-hybridized carbons (Fsp3) is 0.500. The van der Waals surface area contributed by atoms with Gasteiger partial charge in [-0.25, -0.2) is 8.78 Å². The molecule has 1 amide bonds. The Hall–Kier alpha value is -1.21. The third-order valence-electron chi connectivity index (χ3n) is 1.64. The molecule has 0 unspecified atom stereocenters. The smallest absolute Gasteiger partial charge is 0.257 e. The highest BCUT2D eigenvalue weighted by Crippen LogP contribution is 2.06. The van der Waals surface area contributed by atoms with Crippen molar-refractivity contribution in [1.29, 1.82) is 0 Å². The number of carbonyl (C=O) groups excluding carboxylic acids is 1. The van der Waals surface area contributed by atoms with Gasteiger partial charge in [-0.2, -0.15) is 5.10 Å². The normalized spacial score (nSPS) is 12.1. The van der Waals surface area contributed by atoms with E-state index in [0.29, 0.717) is 5.69 Å². The SMILES string of the molecule is C[C@H](N)C(=O)Nc1cnn(CC(F)F)c1.Cl. The first-order valence-corrected chi connectivity index (χ1v) is 4.36. The number of nitrogens with one attached hydrogen (secondary N) is 1. The summed E-state index contributed by atoms with van der Waals surface area (Å²) < 4.78 is 25.0. The van der Waals surface area contributed by atoms with Gasteiger partial charge in [-0.3, -0.25) is 9.48 Å². The van der Waals surface area contributed by atoms with Crippen LogP contribution in [-0.4, -0.2) is 28.2 Å². The van der Waals surface area contributed by atoms with E-state index in [1.807, 2.05) is 0 Å². The van der Waals surface area contributed by atoms with Gasteiger partial charge >= 0.3 is 0 Å². The van der Waals surface area contributed by atoms with Gasteiger partial charge in [0.15, 0.2) is 0 Å². The summed E-state index contributed by atoms with van der Waals surface area (Å²) in [5.41, 5.74) is 5.67. The predicted octanol–water partition coefficient (Wildman–Crippen LogP) is 0.856. The van der Waals surface area contributed by atoms with Crippen molar-refractivity contribution in [3.8, 4) is 0 Å². The van der Waals surface area contributed by atoms with Gasteiger partial charge in [0.2, 0.25) is 5.91 Å². The summed E-state index contributed by atoms with van der Waals surface area (Å²) in [6, 6.07) is -0.650. The van der Waals surface area contributed by atoms with Crippen molar-refractivity contribution in [2.24, 2.45) is 5.73 Å². The number of carbonyl (C=O) groups is 1. The zero-order valence-electron chi connectivity index (χ0n) is 8.56. The summed E-state index contributed by atoms with van der Waals surface area (Å²) in [7, 11) is 0. The fourth-order valence-electron chi connectivity index (χ4n) is 0.925. The number of hydrogen-bond acceptors (Lipinski definition) is 3. The average molecular weight is 255 g/mol. The lowest BCUT2D eigenvalue weighted by Gasteiger charge is -2.04. The van der Waals surface area contributed by atoms with E-state index in [2.05, 4.69) is 10.4 Å². The van der Waals surface area contributed by atoms with Crippen molar-refractivity contribution in [3.05, 3.63) is 12.4 Å². The monoisotopic (exact) mass is 254 g/mol. The number of nitrogens with two attached hydrogens (primary N) is 1. The Morgan fingerprint density at radius 3 is 2.81 bits per heavy atom. The van der Waals surface area contributed by atoms with Crippen LogP contribution in [0.15, 0.2) is 12.4 Å². The second-order valence-electron chi connectivity index (χ2n) is 3.12. The molecule has 8 heteroatoms. The Balaban J connectivity index is 0.00000225. The summed E-state index contributed by atoms with van der Waals surface area (Å²) in [5.74, 6) is -0.383. The van der Waals surface area contributed by atoms with Gasteiger partial charge in [0.1, 0.15) is 6.54 Å². The van der Waals surface area contributed by atoms with Crippen LogP contribution in [0.5, 0.6) is 0 Å². The highest BCUT2D eigenvalue weighted by molar-refractivity contribution is 5.94. The number of anilines is 1. The quantitative estimate of drug-likeness (QED) is 0.837. The van der Waals surface area contributed by atoms with E-state index >= 15 is 0 Å². The number of amides is 1. The first kappa shape index (κ1) is 14.8. The van der Waals surface area contributed by atoms with Gasteiger partial charge in [-0.1, -0.05) is 0 Å². The molecule has 0 fully saturated rings. The predicted molar refractivity (Wildman–Crippen MR) is 57.8 cm³/mol. The molecule has 1 aromatic heterocycles. The number of hydrogen-bond donors (Lipinski definition) is 2. The molecule has 0 radical (unpaired) electrons. The Morgan fingerprint density at radius 2 is 2.31 bits per heavy atom. The van der Waals surface area contributed by atoms with E-state index in [9.17, 15) is 13.6 Å². The first-order chi connectivity index (χ1) is 6.99. The minimum Gasteiger partial charge on any atom is -0.322 e. The van der Waals surface area contributed by atoms with Crippen molar-refractivity contribution >= 4 is 24.0 Å². The fourth-order valence-corrected chi connectivity index (χ4v) is 0.925. The summed E-state index contributed by atoms with van der Waals surface area (Å²) in [5, 5.41) is 6.09.